The lowest BCUT2D eigenvalue weighted by Crippen LogP contribution is -2.51. The number of carboxylic acids is 1. The van der Waals surface area contributed by atoms with Gasteiger partial charge in [0.15, 0.2) is 0 Å². The molecular weight excluding hydrogens is 200 g/mol. The molecule has 0 radical (unpaired) electrons. The minimum Gasteiger partial charge on any atom is -0.480 e. The molecule has 1 heterocycles. The highest BCUT2D eigenvalue weighted by Gasteiger charge is 2.28. The van der Waals surface area contributed by atoms with Gasteiger partial charge in [-0.15, -0.1) is 0 Å². The average Bonchev–Trinajstić information content (AvgIpc) is 2.17. The summed E-state index contributed by atoms with van der Waals surface area (Å²) in [6.07, 6.45) is 0. The zero-order chi connectivity index (χ0) is 11.3. The van der Waals surface area contributed by atoms with Crippen LogP contribution >= 0.6 is 0 Å². The van der Waals surface area contributed by atoms with Crippen molar-refractivity contribution >= 4 is 11.9 Å². The van der Waals surface area contributed by atoms with E-state index < -0.39 is 12.0 Å². The number of amides is 1. The zero-order valence-electron chi connectivity index (χ0n) is 8.73. The van der Waals surface area contributed by atoms with Gasteiger partial charge in [0, 0.05) is 26.6 Å². The third kappa shape index (κ3) is 3.85. The number of aliphatic carboxylic acids is 1. The standard InChI is InChI=1S/C9H16N2O4/c1-7(12)10-2-3-11-4-5-15-6-8(11)9(13)14/h8H,2-6H2,1H3,(H,10,12)(H,13,14). The molecule has 6 nitrogen and oxygen atoms in total. The third-order valence-corrected chi connectivity index (χ3v) is 2.30. The Morgan fingerprint density at radius 1 is 1.60 bits per heavy atom. The smallest absolute Gasteiger partial charge is 0.323 e. The van der Waals surface area contributed by atoms with Gasteiger partial charge in [-0.3, -0.25) is 14.5 Å². The van der Waals surface area contributed by atoms with Crippen LogP contribution in [-0.4, -0.2) is 60.8 Å². The normalized spacial score (nSPS) is 22.3. The van der Waals surface area contributed by atoms with Crippen molar-refractivity contribution in [2.45, 2.75) is 13.0 Å². The summed E-state index contributed by atoms with van der Waals surface area (Å²) in [6.45, 7) is 3.81. The van der Waals surface area contributed by atoms with Gasteiger partial charge in [0.05, 0.1) is 13.2 Å². The van der Waals surface area contributed by atoms with Crippen LogP contribution in [0.3, 0.4) is 0 Å². The van der Waals surface area contributed by atoms with Crippen molar-refractivity contribution in [3.05, 3.63) is 0 Å². The molecule has 1 rings (SSSR count). The van der Waals surface area contributed by atoms with Crippen LogP contribution in [0.15, 0.2) is 0 Å². The van der Waals surface area contributed by atoms with Gasteiger partial charge in [0.2, 0.25) is 5.91 Å². The molecule has 0 bridgehead atoms. The summed E-state index contributed by atoms with van der Waals surface area (Å²) in [4.78, 5) is 23.3. The summed E-state index contributed by atoms with van der Waals surface area (Å²) in [5.41, 5.74) is 0. The van der Waals surface area contributed by atoms with Crippen molar-refractivity contribution in [3.63, 3.8) is 0 Å². The molecule has 1 saturated heterocycles. The molecule has 1 atom stereocenters. The zero-order valence-corrected chi connectivity index (χ0v) is 8.73. The predicted molar refractivity (Wildman–Crippen MR) is 52.5 cm³/mol. The van der Waals surface area contributed by atoms with Crippen molar-refractivity contribution in [3.8, 4) is 0 Å². The number of carbonyl (C=O) groups excluding carboxylic acids is 1. The molecule has 1 aliphatic rings. The van der Waals surface area contributed by atoms with Crippen LogP contribution in [0.1, 0.15) is 6.92 Å². The summed E-state index contributed by atoms with van der Waals surface area (Å²) in [5, 5.41) is 11.5. The number of carboxylic acid groups (broad SMARTS) is 1. The fraction of sp³-hybridized carbons (Fsp3) is 0.778. The second-order valence-electron chi connectivity index (χ2n) is 3.45. The first-order valence-corrected chi connectivity index (χ1v) is 4.90. The van der Waals surface area contributed by atoms with Gasteiger partial charge in [-0.05, 0) is 0 Å². The largest absolute Gasteiger partial charge is 0.480 e. The highest BCUT2D eigenvalue weighted by atomic mass is 16.5. The molecule has 0 aromatic heterocycles. The predicted octanol–water partition coefficient (Wildman–Crippen LogP) is -1.09. The number of hydrogen-bond acceptors (Lipinski definition) is 4. The Hall–Kier alpha value is -1.14. The van der Waals surface area contributed by atoms with Crippen molar-refractivity contribution in [1.29, 1.82) is 0 Å². The van der Waals surface area contributed by atoms with Gasteiger partial charge in [0.25, 0.3) is 0 Å². The van der Waals surface area contributed by atoms with Crippen molar-refractivity contribution in [2.75, 3.05) is 32.8 Å². The highest BCUT2D eigenvalue weighted by molar-refractivity contribution is 5.74. The minimum absolute atomic E-state index is 0.102. The molecule has 15 heavy (non-hydrogen) atoms. The van der Waals surface area contributed by atoms with Crippen molar-refractivity contribution < 1.29 is 19.4 Å². The SMILES string of the molecule is CC(=O)NCCN1CCOCC1C(=O)O. The molecular formula is C9H16N2O4. The molecule has 0 aliphatic carbocycles. The van der Waals surface area contributed by atoms with Crippen LogP contribution in [0, 0.1) is 0 Å². The van der Waals surface area contributed by atoms with E-state index in [1.807, 2.05) is 4.90 Å². The number of carbonyl (C=O) groups is 2. The van der Waals surface area contributed by atoms with E-state index in [-0.39, 0.29) is 12.5 Å². The third-order valence-electron chi connectivity index (χ3n) is 2.30. The van der Waals surface area contributed by atoms with Gasteiger partial charge in [-0.25, -0.2) is 0 Å². The van der Waals surface area contributed by atoms with Gasteiger partial charge < -0.3 is 15.2 Å². The molecule has 6 heteroatoms. The number of morpholine rings is 1. The molecule has 86 valence electrons. The molecule has 1 fully saturated rings. The maximum Gasteiger partial charge on any atom is 0.323 e. The second kappa shape index (κ2) is 5.67. The molecule has 1 aliphatic heterocycles. The maximum atomic E-state index is 10.9. The van der Waals surface area contributed by atoms with E-state index in [2.05, 4.69) is 5.32 Å². The van der Waals surface area contributed by atoms with Crippen LogP contribution in [-0.2, 0) is 14.3 Å². The fourth-order valence-electron chi connectivity index (χ4n) is 1.51. The molecule has 0 aromatic carbocycles. The monoisotopic (exact) mass is 216 g/mol. The first kappa shape index (κ1) is 11.9. The fourth-order valence-corrected chi connectivity index (χ4v) is 1.51. The van der Waals surface area contributed by atoms with Gasteiger partial charge in [-0.1, -0.05) is 0 Å². The van der Waals surface area contributed by atoms with E-state index in [0.717, 1.165) is 0 Å². The number of ether oxygens (including phenoxy) is 1. The minimum atomic E-state index is -0.877. The Bertz CT molecular complexity index is 244. The maximum absolute atomic E-state index is 10.9. The summed E-state index contributed by atoms with van der Waals surface area (Å²) in [6, 6.07) is -0.590. The van der Waals surface area contributed by atoms with E-state index in [1.54, 1.807) is 0 Å². The van der Waals surface area contributed by atoms with Crippen LogP contribution in [0.25, 0.3) is 0 Å². The van der Waals surface area contributed by atoms with Crippen molar-refractivity contribution in [2.24, 2.45) is 0 Å². The molecule has 2 N–H and O–H groups in total. The number of rotatable bonds is 4. The number of nitrogens with one attached hydrogen (secondary N) is 1. The van der Waals surface area contributed by atoms with Crippen LogP contribution in [0.4, 0.5) is 0 Å². The average molecular weight is 216 g/mol. The van der Waals surface area contributed by atoms with Crippen LogP contribution < -0.4 is 5.32 Å². The van der Waals surface area contributed by atoms with Crippen molar-refractivity contribution in [1.82, 2.24) is 10.2 Å². The summed E-state index contributed by atoms with van der Waals surface area (Å²) >= 11 is 0. The summed E-state index contributed by atoms with van der Waals surface area (Å²) in [7, 11) is 0. The first-order valence-electron chi connectivity index (χ1n) is 4.90. The van der Waals surface area contributed by atoms with Crippen LogP contribution in [0.5, 0.6) is 0 Å². The van der Waals surface area contributed by atoms with E-state index in [0.29, 0.717) is 26.2 Å². The number of nitrogens with zero attached hydrogens (tertiary/aromatic N) is 1. The Kier molecular flexibility index (Phi) is 4.51. The lowest BCUT2D eigenvalue weighted by atomic mass is 10.2. The molecule has 1 unspecified atom stereocenters. The van der Waals surface area contributed by atoms with E-state index >= 15 is 0 Å². The second-order valence-corrected chi connectivity index (χ2v) is 3.45. The van der Waals surface area contributed by atoms with E-state index in [1.165, 1.54) is 6.92 Å². The Morgan fingerprint density at radius 2 is 2.33 bits per heavy atom. The Labute approximate surface area is 88.2 Å². The topological polar surface area (TPSA) is 78.9 Å². The molecule has 0 aromatic rings. The van der Waals surface area contributed by atoms with E-state index in [9.17, 15) is 9.59 Å². The van der Waals surface area contributed by atoms with Crippen LogP contribution in [0.2, 0.25) is 0 Å². The highest BCUT2D eigenvalue weighted by Crippen LogP contribution is 2.05. The number of hydrogen-bond donors (Lipinski definition) is 2. The first-order chi connectivity index (χ1) is 7.11. The lowest BCUT2D eigenvalue weighted by Gasteiger charge is -2.32. The Balaban J connectivity index is 2.36. The molecule has 0 spiro atoms. The van der Waals surface area contributed by atoms with Gasteiger partial charge in [-0.2, -0.15) is 0 Å². The van der Waals surface area contributed by atoms with Gasteiger partial charge in [0.1, 0.15) is 6.04 Å². The van der Waals surface area contributed by atoms with Gasteiger partial charge >= 0.3 is 5.97 Å². The molecule has 1 amide bonds. The molecule has 0 saturated carbocycles. The summed E-state index contributed by atoms with van der Waals surface area (Å²) < 4.78 is 5.09. The summed E-state index contributed by atoms with van der Waals surface area (Å²) in [5.74, 6) is -0.979. The lowest BCUT2D eigenvalue weighted by molar-refractivity contribution is -0.149. The Morgan fingerprint density at radius 3 is 2.93 bits per heavy atom. The van der Waals surface area contributed by atoms with E-state index in [4.69, 9.17) is 9.84 Å². The quantitative estimate of drug-likeness (QED) is 0.624.